The Labute approximate surface area is 104 Å². The highest BCUT2D eigenvalue weighted by Crippen LogP contribution is 2.26. The van der Waals surface area contributed by atoms with Crippen LogP contribution in [0.1, 0.15) is 34.0 Å². The van der Waals surface area contributed by atoms with Gasteiger partial charge in [0.15, 0.2) is 0 Å². The van der Waals surface area contributed by atoms with Gasteiger partial charge in [-0.2, -0.15) is 10.4 Å². The van der Waals surface area contributed by atoms with E-state index in [1.807, 2.05) is 0 Å². The maximum Gasteiger partial charge on any atom is 0.115 e. The zero-order valence-electron chi connectivity index (χ0n) is 9.39. The van der Waals surface area contributed by atoms with Gasteiger partial charge in [0.05, 0.1) is 24.0 Å². The molecule has 0 aromatic carbocycles. The number of aromatic nitrogens is 3. The van der Waals surface area contributed by atoms with Gasteiger partial charge in [-0.05, 0) is 25.7 Å². The lowest BCUT2D eigenvalue weighted by molar-refractivity contribution is 0.663. The third kappa shape index (κ3) is 2.08. The SMILES string of the molecule is N#Cc1cnn(Cc2nc3c(s2)CCCC3)c1. The molecule has 0 fully saturated rings. The summed E-state index contributed by atoms with van der Waals surface area (Å²) in [5.74, 6) is 0. The van der Waals surface area contributed by atoms with E-state index in [0.29, 0.717) is 12.1 Å². The molecule has 3 rings (SSSR count). The van der Waals surface area contributed by atoms with Gasteiger partial charge in [-0.1, -0.05) is 0 Å². The zero-order chi connectivity index (χ0) is 11.7. The molecule has 2 aromatic rings. The summed E-state index contributed by atoms with van der Waals surface area (Å²) in [4.78, 5) is 6.10. The minimum Gasteiger partial charge on any atom is -0.265 e. The van der Waals surface area contributed by atoms with Crippen molar-refractivity contribution in [2.75, 3.05) is 0 Å². The van der Waals surface area contributed by atoms with Crippen LogP contribution in [-0.4, -0.2) is 14.8 Å². The smallest absolute Gasteiger partial charge is 0.115 e. The van der Waals surface area contributed by atoms with Crippen molar-refractivity contribution in [2.24, 2.45) is 0 Å². The minimum atomic E-state index is 0.603. The maximum absolute atomic E-state index is 8.73. The fraction of sp³-hybridized carbons (Fsp3) is 0.417. The van der Waals surface area contributed by atoms with E-state index in [1.165, 1.54) is 29.8 Å². The largest absolute Gasteiger partial charge is 0.265 e. The molecule has 0 bridgehead atoms. The number of nitriles is 1. The molecule has 0 unspecified atom stereocenters. The molecule has 0 amide bonds. The average molecular weight is 244 g/mol. The lowest BCUT2D eigenvalue weighted by atomic mass is 10.0. The minimum absolute atomic E-state index is 0.603. The number of aryl methyl sites for hydroxylation is 2. The quantitative estimate of drug-likeness (QED) is 0.813. The molecule has 5 heteroatoms. The highest BCUT2D eigenvalue weighted by atomic mass is 32.1. The summed E-state index contributed by atoms with van der Waals surface area (Å²) >= 11 is 1.79. The van der Waals surface area contributed by atoms with E-state index in [0.717, 1.165) is 11.4 Å². The fourth-order valence-electron chi connectivity index (χ4n) is 2.12. The molecular formula is C12H12N4S. The third-order valence-electron chi connectivity index (χ3n) is 2.95. The van der Waals surface area contributed by atoms with Crippen molar-refractivity contribution in [1.82, 2.24) is 14.8 Å². The highest BCUT2D eigenvalue weighted by Gasteiger charge is 2.15. The Morgan fingerprint density at radius 1 is 1.41 bits per heavy atom. The van der Waals surface area contributed by atoms with E-state index in [1.54, 1.807) is 28.4 Å². The van der Waals surface area contributed by atoms with Crippen molar-refractivity contribution in [1.29, 1.82) is 5.26 Å². The molecular weight excluding hydrogens is 232 g/mol. The van der Waals surface area contributed by atoms with Crippen LogP contribution in [0.4, 0.5) is 0 Å². The van der Waals surface area contributed by atoms with Gasteiger partial charge in [0.1, 0.15) is 11.1 Å². The van der Waals surface area contributed by atoms with Gasteiger partial charge in [0.2, 0.25) is 0 Å². The van der Waals surface area contributed by atoms with Crippen molar-refractivity contribution in [3.05, 3.63) is 33.5 Å². The van der Waals surface area contributed by atoms with Crippen molar-refractivity contribution >= 4 is 11.3 Å². The molecule has 2 heterocycles. The van der Waals surface area contributed by atoms with Crippen LogP contribution in [0.3, 0.4) is 0 Å². The van der Waals surface area contributed by atoms with E-state index in [-0.39, 0.29) is 0 Å². The second-order valence-electron chi connectivity index (χ2n) is 4.22. The van der Waals surface area contributed by atoms with Crippen molar-refractivity contribution in [2.45, 2.75) is 32.2 Å². The first kappa shape index (κ1) is 10.5. The normalized spacial score (nSPS) is 14.3. The molecule has 0 saturated carbocycles. The third-order valence-corrected chi connectivity index (χ3v) is 4.09. The molecule has 1 aliphatic carbocycles. The van der Waals surface area contributed by atoms with E-state index in [2.05, 4.69) is 16.2 Å². The van der Waals surface area contributed by atoms with Crippen LogP contribution in [-0.2, 0) is 19.4 Å². The van der Waals surface area contributed by atoms with Crippen molar-refractivity contribution in [3.8, 4) is 6.07 Å². The second kappa shape index (κ2) is 4.30. The standard InChI is InChI=1S/C12H12N4S/c13-5-9-6-14-16(7-9)8-12-15-10-3-1-2-4-11(10)17-12/h6-7H,1-4,8H2. The lowest BCUT2D eigenvalue weighted by Gasteiger charge is -2.06. The Morgan fingerprint density at radius 3 is 3.06 bits per heavy atom. The summed E-state index contributed by atoms with van der Waals surface area (Å²) < 4.78 is 1.78. The van der Waals surface area contributed by atoms with Crippen LogP contribution in [0.5, 0.6) is 0 Å². The Morgan fingerprint density at radius 2 is 2.29 bits per heavy atom. The first-order valence-electron chi connectivity index (χ1n) is 5.75. The Kier molecular flexibility index (Phi) is 2.65. The van der Waals surface area contributed by atoms with E-state index in [9.17, 15) is 0 Å². The van der Waals surface area contributed by atoms with Crippen molar-refractivity contribution in [3.63, 3.8) is 0 Å². The number of rotatable bonds is 2. The van der Waals surface area contributed by atoms with E-state index < -0.39 is 0 Å². The predicted octanol–water partition coefficient (Wildman–Crippen LogP) is 2.14. The number of hydrogen-bond acceptors (Lipinski definition) is 4. The lowest BCUT2D eigenvalue weighted by Crippen LogP contribution is -2.01. The van der Waals surface area contributed by atoms with Crippen LogP contribution in [0.2, 0.25) is 0 Å². The summed E-state index contributed by atoms with van der Waals surface area (Å²) in [7, 11) is 0. The predicted molar refractivity (Wildman–Crippen MR) is 64.8 cm³/mol. The monoisotopic (exact) mass is 244 g/mol. The molecule has 0 radical (unpaired) electrons. The second-order valence-corrected chi connectivity index (χ2v) is 5.39. The first-order valence-corrected chi connectivity index (χ1v) is 6.57. The Balaban J connectivity index is 1.81. The molecule has 1 aliphatic rings. The fourth-order valence-corrected chi connectivity index (χ4v) is 3.27. The summed E-state index contributed by atoms with van der Waals surface area (Å²) in [5, 5.41) is 14.0. The summed E-state index contributed by atoms with van der Waals surface area (Å²) in [6.07, 6.45) is 8.20. The van der Waals surface area contributed by atoms with Gasteiger partial charge in [-0.15, -0.1) is 11.3 Å². The van der Waals surface area contributed by atoms with Crippen molar-refractivity contribution < 1.29 is 0 Å². The number of hydrogen-bond donors (Lipinski definition) is 0. The molecule has 4 nitrogen and oxygen atoms in total. The molecule has 86 valence electrons. The molecule has 0 saturated heterocycles. The average Bonchev–Trinajstić information content (AvgIpc) is 2.94. The molecule has 2 aromatic heterocycles. The Bertz CT molecular complexity index is 552. The zero-order valence-corrected chi connectivity index (χ0v) is 10.2. The van der Waals surface area contributed by atoms with Gasteiger partial charge in [-0.3, -0.25) is 4.68 Å². The maximum atomic E-state index is 8.73. The van der Waals surface area contributed by atoms with Gasteiger partial charge < -0.3 is 0 Å². The highest BCUT2D eigenvalue weighted by molar-refractivity contribution is 7.11. The van der Waals surface area contributed by atoms with Crippen LogP contribution in [0.25, 0.3) is 0 Å². The number of thiazole rings is 1. The Hall–Kier alpha value is -1.67. The number of fused-ring (bicyclic) bond motifs is 1. The molecule has 17 heavy (non-hydrogen) atoms. The molecule has 0 aliphatic heterocycles. The first-order chi connectivity index (χ1) is 8.35. The molecule has 0 atom stereocenters. The van der Waals surface area contributed by atoms with Crippen LogP contribution < -0.4 is 0 Å². The summed E-state index contributed by atoms with van der Waals surface area (Å²) in [6, 6.07) is 2.08. The molecule has 0 N–H and O–H groups in total. The molecule has 0 spiro atoms. The summed E-state index contributed by atoms with van der Waals surface area (Å²) in [6.45, 7) is 0.680. The van der Waals surface area contributed by atoms with Crippen LogP contribution in [0, 0.1) is 11.3 Å². The van der Waals surface area contributed by atoms with Crippen LogP contribution in [0.15, 0.2) is 12.4 Å². The topological polar surface area (TPSA) is 54.5 Å². The van der Waals surface area contributed by atoms with Crippen LogP contribution >= 0.6 is 11.3 Å². The van der Waals surface area contributed by atoms with Gasteiger partial charge in [0.25, 0.3) is 0 Å². The van der Waals surface area contributed by atoms with Gasteiger partial charge in [-0.25, -0.2) is 4.98 Å². The number of nitrogens with zero attached hydrogens (tertiary/aromatic N) is 4. The van der Waals surface area contributed by atoms with Gasteiger partial charge >= 0.3 is 0 Å². The van der Waals surface area contributed by atoms with E-state index in [4.69, 9.17) is 5.26 Å². The van der Waals surface area contributed by atoms with Gasteiger partial charge in [0, 0.05) is 11.1 Å². The summed E-state index contributed by atoms with van der Waals surface area (Å²) in [5.41, 5.74) is 1.88. The van der Waals surface area contributed by atoms with E-state index >= 15 is 0 Å².